The lowest BCUT2D eigenvalue weighted by Gasteiger charge is -2.18. The van der Waals surface area contributed by atoms with Crippen molar-refractivity contribution in [3.63, 3.8) is 0 Å². The predicted octanol–water partition coefficient (Wildman–Crippen LogP) is 2.93. The van der Waals surface area contributed by atoms with Crippen LogP contribution in [0, 0.1) is 0 Å². The van der Waals surface area contributed by atoms with Crippen molar-refractivity contribution in [2.45, 2.75) is 57.5 Å². The van der Waals surface area contributed by atoms with Gasteiger partial charge in [0, 0.05) is 18.0 Å². The van der Waals surface area contributed by atoms with Gasteiger partial charge >= 0.3 is 0 Å². The Morgan fingerprint density at radius 1 is 1.42 bits per heavy atom. The zero-order chi connectivity index (χ0) is 8.81. The van der Waals surface area contributed by atoms with Gasteiger partial charge in [-0.25, -0.2) is 0 Å². The van der Waals surface area contributed by atoms with E-state index in [2.05, 4.69) is 12.2 Å². The molecule has 0 radical (unpaired) electrons. The second-order valence-electron chi connectivity index (χ2n) is 3.88. The maximum absolute atomic E-state index is 5.63. The average Bonchev–Trinajstić information content (AvgIpc) is 2.53. The number of rotatable bonds is 5. The summed E-state index contributed by atoms with van der Waals surface area (Å²) < 4.78 is 0. The second-order valence-corrected chi connectivity index (χ2v) is 4.26. The minimum atomic E-state index is 0.659. The van der Waals surface area contributed by atoms with Gasteiger partial charge in [0.1, 0.15) is 0 Å². The fourth-order valence-corrected chi connectivity index (χ4v) is 2.12. The Kier molecular flexibility index (Phi) is 5.01. The zero-order valence-electron chi connectivity index (χ0n) is 7.98. The number of nitrogens with one attached hydrogen (secondary N) is 1. The van der Waals surface area contributed by atoms with Gasteiger partial charge in [-0.3, -0.25) is 0 Å². The molecule has 0 aromatic rings. The van der Waals surface area contributed by atoms with Crippen LogP contribution in [0.3, 0.4) is 0 Å². The van der Waals surface area contributed by atoms with Gasteiger partial charge in [-0.2, -0.15) is 0 Å². The summed E-state index contributed by atoms with van der Waals surface area (Å²) in [7, 11) is 0. The molecule has 2 heteroatoms. The molecule has 0 saturated heterocycles. The van der Waals surface area contributed by atoms with Crippen LogP contribution in [0.1, 0.15) is 45.4 Å². The van der Waals surface area contributed by atoms with E-state index >= 15 is 0 Å². The van der Waals surface area contributed by atoms with Crippen molar-refractivity contribution in [1.82, 2.24) is 5.32 Å². The third kappa shape index (κ3) is 3.77. The molecule has 1 unspecified atom stereocenters. The molecule has 1 fully saturated rings. The summed E-state index contributed by atoms with van der Waals surface area (Å²) in [6.45, 7) is 2.27. The highest BCUT2D eigenvalue weighted by atomic mass is 35.5. The first-order valence-corrected chi connectivity index (χ1v) is 5.68. The third-order valence-corrected chi connectivity index (χ3v) is 2.91. The maximum Gasteiger partial charge on any atom is 0.0224 e. The summed E-state index contributed by atoms with van der Waals surface area (Å²) in [5, 5.41) is 3.65. The Labute approximate surface area is 80.9 Å². The quantitative estimate of drug-likeness (QED) is 0.656. The lowest BCUT2D eigenvalue weighted by atomic mass is 10.1. The molecule has 1 saturated carbocycles. The third-order valence-electron chi connectivity index (χ3n) is 2.65. The number of alkyl halides is 1. The fourth-order valence-electron chi connectivity index (χ4n) is 1.96. The van der Waals surface area contributed by atoms with Crippen LogP contribution < -0.4 is 5.32 Å². The summed E-state index contributed by atoms with van der Waals surface area (Å²) in [6.07, 6.45) is 7.96. The molecule has 0 aliphatic heterocycles. The summed E-state index contributed by atoms with van der Waals surface area (Å²) in [5.41, 5.74) is 0. The van der Waals surface area contributed by atoms with Crippen molar-refractivity contribution < 1.29 is 0 Å². The smallest absolute Gasteiger partial charge is 0.0224 e. The lowest BCUT2D eigenvalue weighted by molar-refractivity contribution is 0.429. The number of halogens is 1. The highest BCUT2D eigenvalue weighted by Gasteiger charge is 2.15. The molecule has 0 heterocycles. The molecule has 1 atom stereocenters. The Morgan fingerprint density at radius 2 is 2.08 bits per heavy atom. The fraction of sp³-hybridized carbons (Fsp3) is 1.00. The maximum atomic E-state index is 5.63. The van der Waals surface area contributed by atoms with Crippen molar-refractivity contribution in [3.05, 3.63) is 0 Å². The van der Waals surface area contributed by atoms with Crippen molar-refractivity contribution in [3.8, 4) is 0 Å². The normalized spacial score (nSPS) is 21.5. The van der Waals surface area contributed by atoms with Gasteiger partial charge in [-0.05, 0) is 32.6 Å². The molecule has 1 aliphatic rings. The standard InChI is InChI=1S/C10H20ClN/c1-9(5-4-8-11)12-10-6-2-3-7-10/h9-10,12H,2-8H2,1H3. The topological polar surface area (TPSA) is 12.0 Å². The van der Waals surface area contributed by atoms with Crippen LogP contribution in [0.25, 0.3) is 0 Å². The molecule has 1 nitrogen and oxygen atoms in total. The predicted molar refractivity (Wildman–Crippen MR) is 54.8 cm³/mol. The average molecular weight is 190 g/mol. The van der Waals surface area contributed by atoms with E-state index in [1.807, 2.05) is 0 Å². The van der Waals surface area contributed by atoms with Crippen molar-refractivity contribution in [2.75, 3.05) is 5.88 Å². The number of hydrogen-bond donors (Lipinski definition) is 1. The van der Waals surface area contributed by atoms with E-state index in [4.69, 9.17) is 11.6 Å². The Balaban J connectivity index is 2.03. The van der Waals surface area contributed by atoms with E-state index in [0.29, 0.717) is 6.04 Å². The Morgan fingerprint density at radius 3 is 2.67 bits per heavy atom. The van der Waals surface area contributed by atoms with E-state index in [0.717, 1.165) is 18.3 Å². The largest absolute Gasteiger partial charge is 0.312 e. The molecule has 1 aliphatic carbocycles. The second kappa shape index (κ2) is 5.82. The van der Waals surface area contributed by atoms with E-state index in [1.165, 1.54) is 32.1 Å². The molecule has 0 bridgehead atoms. The van der Waals surface area contributed by atoms with Crippen molar-refractivity contribution in [1.29, 1.82) is 0 Å². The number of hydrogen-bond acceptors (Lipinski definition) is 1. The van der Waals surface area contributed by atoms with Gasteiger partial charge in [-0.15, -0.1) is 11.6 Å². The molecule has 0 amide bonds. The highest BCUT2D eigenvalue weighted by Crippen LogP contribution is 2.18. The summed E-state index contributed by atoms with van der Waals surface area (Å²) in [4.78, 5) is 0. The van der Waals surface area contributed by atoms with Gasteiger partial charge in [0.15, 0.2) is 0 Å². The van der Waals surface area contributed by atoms with E-state index in [1.54, 1.807) is 0 Å². The minimum Gasteiger partial charge on any atom is -0.312 e. The van der Waals surface area contributed by atoms with Crippen LogP contribution in [-0.2, 0) is 0 Å². The molecule has 0 aromatic carbocycles. The summed E-state index contributed by atoms with van der Waals surface area (Å²) in [5.74, 6) is 0.802. The SMILES string of the molecule is CC(CCCCl)NC1CCCC1. The first-order valence-electron chi connectivity index (χ1n) is 5.15. The van der Waals surface area contributed by atoms with Crippen LogP contribution in [0.15, 0.2) is 0 Å². The van der Waals surface area contributed by atoms with E-state index in [-0.39, 0.29) is 0 Å². The molecule has 12 heavy (non-hydrogen) atoms. The molecule has 1 rings (SSSR count). The van der Waals surface area contributed by atoms with Gasteiger partial charge in [-0.1, -0.05) is 12.8 Å². The minimum absolute atomic E-state index is 0.659. The molecular weight excluding hydrogens is 170 g/mol. The lowest BCUT2D eigenvalue weighted by Crippen LogP contribution is -2.34. The Hall–Kier alpha value is 0.250. The monoisotopic (exact) mass is 189 g/mol. The molecule has 0 spiro atoms. The summed E-state index contributed by atoms with van der Waals surface area (Å²) in [6, 6.07) is 1.46. The van der Waals surface area contributed by atoms with E-state index in [9.17, 15) is 0 Å². The van der Waals surface area contributed by atoms with Crippen LogP contribution in [-0.4, -0.2) is 18.0 Å². The molecular formula is C10H20ClN. The van der Waals surface area contributed by atoms with Gasteiger partial charge in [0.05, 0.1) is 0 Å². The van der Waals surface area contributed by atoms with Gasteiger partial charge in [0.2, 0.25) is 0 Å². The molecule has 72 valence electrons. The van der Waals surface area contributed by atoms with Crippen LogP contribution in [0.5, 0.6) is 0 Å². The van der Waals surface area contributed by atoms with Crippen LogP contribution >= 0.6 is 11.6 Å². The van der Waals surface area contributed by atoms with Crippen molar-refractivity contribution >= 4 is 11.6 Å². The Bertz CT molecular complexity index is 110. The molecule has 1 N–H and O–H groups in total. The van der Waals surface area contributed by atoms with Gasteiger partial charge in [0.25, 0.3) is 0 Å². The van der Waals surface area contributed by atoms with Crippen LogP contribution in [0.4, 0.5) is 0 Å². The van der Waals surface area contributed by atoms with Gasteiger partial charge < -0.3 is 5.32 Å². The first kappa shape index (κ1) is 10.3. The van der Waals surface area contributed by atoms with Crippen molar-refractivity contribution in [2.24, 2.45) is 0 Å². The highest BCUT2D eigenvalue weighted by molar-refractivity contribution is 6.17. The van der Waals surface area contributed by atoms with E-state index < -0.39 is 0 Å². The van der Waals surface area contributed by atoms with Crippen LogP contribution in [0.2, 0.25) is 0 Å². The first-order chi connectivity index (χ1) is 5.83. The molecule has 0 aromatic heterocycles. The summed E-state index contributed by atoms with van der Waals surface area (Å²) >= 11 is 5.63. The zero-order valence-corrected chi connectivity index (χ0v) is 8.74.